The minimum Gasteiger partial charge on any atom is -0.478 e. The topological polar surface area (TPSA) is 153 Å². The minimum absolute atomic E-state index is 0.0370. The number of rotatable bonds is 14. The Morgan fingerprint density at radius 3 is 2.17 bits per heavy atom. The normalized spacial score (nSPS) is 15.5. The molecule has 2 aliphatic heterocycles. The van der Waals surface area contributed by atoms with E-state index in [0.717, 1.165) is 82.5 Å². The molecule has 2 unspecified atom stereocenters. The number of aromatic nitrogens is 4. The summed E-state index contributed by atoms with van der Waals surface area (Å²) in [6, 6.07) is 6.01. The molecule has 0 spiro atoms. The molecule has 2 aliphatic rings. The Hall–Kier alpha value is -4.99. The van der Waals surface area contributed by atoms with E-state index in [1.165, 1.54) is 0 Å². The molecule has 10 nitrogen and oxygen atoms in total. The Bertz CT molecular complexity index is 2080. The summed E-state index contributed by atoms with van der Waals surface area (Å²) in [5.74, 6) is -1.73. The molecule has 0 saturated carbocycles. The van der Waals surface area contributed by atoms with E-state index < -0.39 is 5.97 Å². The average Bonchev–Trinajstić information content (AvgIpc) is 3.79. The number of carbonyl (C=O) groups excluding carboxylic acids is 2. The van der Waals surface area contributed by atoms with Crippen LogP contribution in [-0.4, -0.2) is 55.9 Å². The van der Waals surface area contributed by atoms with Gasteiger partial charge >= 0.3 is 5.97 Å². The van der Waals surface area contributed by atoms with Gasteiger partial charge in [-0.3, -0.25) is 14.6 Å². The second kappa shape index (κ2) is 16.6. The van der Waals surface area contributed by atoms with Gasteiger partial charge in [-0.1, -0.05) is 53.2 Å². The molecule has 3 aromatic heterocycles. The van der Waals surface area contributed by atoms with Gasteiger partial charge in [0.05, 0.1) is 34.6 Å². The zero-order valence-electron chi connectivity index (χ0n) is 31.8. The fourth-order valence-corrected chi connectivity index (χ4v) is 7.51. The number of aryl methyl sites for hydroxylation is 3. The quantitative estimate of drug-likeness (QED) is 0.106. The molecule has 0 aliphatic carbocycles. The van der Waals surface area contributed by atoms with Crippen molar-refractivity contribution in [2.45, 2.75) is 112 Å². The van der Waals surface area contributed by atoms with Crippen LogP contribution in [0.4, 0.5) is 0 Å². The molecule has 0 aromatic carbocycles. The van der Waals surface area contributed by atoms with Gasteiger partial charge < -0.3 is 25.7 Å². The fourth-order valence-electron chi connectivity index (χ4n) is 7.51. The SMILES string of the molecule is C=CC1=C(C)c2cc3nc(c(CC(=O)NCCCC)c4[nH]c(cc5[nH]c(cc1n2)c(C)c5CC)c(C)c4C(=O)O)C(CCC(=O)NCCCC)C3C. The number of hydrogen-bond donors (Lipinski definition) is 5. The van der Waals surface area contributed by atoms with E-state index in [0.29, 0.717) is 47.4 Å². The van der Waals surface area contributed by atoms with Crippen molar-refractivity contribution < 1.29 is 19.5 Å². The summed E-state index contributed by atoms with van der Waals surface area (Å²) in [5.41, 5.74) is 11.1. The van der Waals surface area contributed by atoms with Crippen molar-refractivity contribution in [1.82, 2.24) is 30.6 Å². The number of H-pyrrole nitrogens is 2. The molecule has 276 valence electrons. The second-order valence-electron chi connectivity index (χ2n) is 14.1. The van der Waals surface area contributed by atoms with Crippen molar-refractivity contribution in [3.63, 3.8) is 0 Å². The molecule has 8 bridgehead atoms. The van der Waals surface area contributed by atoms with Crippen molar-refractivity contribution in [3.05, 3.63) is 81.4 Å². The Balaban J connectivity index is 1.89. The number of unbranched alkanes of at least 4 members (excludes halogenated alkanes) is 2. The van der Waals surface area contributed by atoms with E-state index in [1.54, 1.807) is 6.92 Å². The van der Waals surface area contributed by atoms with Gasteiger partial charge in [0, 0.05) is 64.7 Å². The summed E-state index contributed by atoms with van der Waals surface area (Å²) in [4.78, 5) is 57.1. The molecule has 2 atom stereocenters. The molecule has 5 heterocycles. The Labute approximate surface area is 306 Å². The number of carbonyl (C=O) groups is 3. The van der Waals surface area contributed by atoms with Crippen LogP contribution in [0, 0.1) is 13.8 Å². The lowest BCUT2D eigenvalue weighted by atomic mass is 9.84. The smallest absolute Gasteiger partial charge is 0.338 e. The van der Waals surface area contributed by atoms with E-state index in [4.69, 9.17) is 9.97 Å². The minimum atomic E-state index is -1.09. The van der Waals surface area contributed by atoms with Crippen LogP contribution in [0.1, 0.15) is 140 Å². The molecular formula is C42H54N6O4. The standard InChI is InChI=1S/C42H54N6O4/c1-9-13-17-43-37(49)16-15-29-25(7)33-20-31-23(5)27(11-3)35(45-31)21-32-24(6)28(12-4)36(46-32)22-34-26(8)39(42(51)52)41(48-34)30(40(29)47-33)19-38(50)44-18-14-10-2/h11,20-22,25,29,46,48H,3,9-10,12-19H2,1-2,4-8H3,(H,43,49)(H,44,50)(H,51,52). The Morgan fingerprint density at radius 2 is 1.54 bits per heavy atom. The fraction of sp³-hybridized carbons (Fsp3) is 0.452. The van der Waals surface area contributed by atoms with Crippen LogP contribution in [0.25, 0.3) is 33.2 Å². The lowest BCUT2D eigenvalue weighted by Crippen LogP contribution is -2.27. The first-order chi connectivity index (χ1) is 24.9. The molecule has 0 saturated heterocycles. The zero-order chi connectivity index (χ0) is 37.7. The largest absolute Gasteiger partial charge is 0.478 e. The van der Waals surface area contributed by atoms with Crippen LogP contribution in [0.5, 0.6) is 0 Å². The first-order valence-corrected chi connectivity index (χ1v) is 18.8. The highest BCUT2D eigenvalue weighted by Crippen LogP contribution is 2.43. The van der Waals surface area contributed by atoms with E-state index in [-0.39, 0.29) is 42.1 Å². The molecule has 5 rings (SSSR count). The van der Waals surface area contributed by atoms with Crippen molar-refractivity contribution >= 4 is 51.0 Å². The Kier molecular flexibility index (Phi) is 12.2. The summed E-state index contributed by atoms with van der Waals surface area (Å²) >= 11 is 0. The van der Waals surface area contributed by atoms with E-state index in [9.17, 15) is 19.5 Å². The van der Waals surface area contributed by atoms with Crippen molar-refractivity contribution in [1.29, 1.82) is 0 Å². The maximum absolute atomic E-state index is 13.6. The molecule has 0 radical (unpaired) electrons. The lowest BCUT2D eigenvalue weighted by Gasteiger charge is -2.18. The third-order valence-electron chi connectivity index (χ3n) is 10.7. The van der Waals surface area contributed by atoms with Gasteiger partial charge in [-0.25, -0.2) is 9.78 Å². The van der Waals surface area contributed by atoms with Crippen LogP contribution >= 0.6 is 0 Å². The first-order valence-electron chi connectivity index (χ1n) is 18.8. The van der Waals surface area contributed by atoms with Gasteiger partial charge in [-0.15, -0.1) is 0 Å². The third kappa shape index (κ3) is 7.76. The average molecular weight is 707 g/mol. The number of aromatic carboxylic acids is 1. The lowest BCUT2D eigenvalue weighted by molar-refractivity contribution is -0.121. The number of hydrogen-bond acceptors (Lipinski definition) is 5. The monoisotopic (exact) mass is 706 g/mol. The van der Waals surface area contributed by atoms with Gasteiger partial charge in [0.15, 0.2) is 0 Å². The van der Waals surface area contributed by atoms with Crippen LogP contribution in [-0.2, 0) is 22.4 Å². The van der Waals surface area contributed by atoms with Crippen molar-refractivity contribution in [2.75, 3.05) is 13.1 Å². The molecular weight excluding hydrogens is 652 g/mol. The van der Waals surface area contributed by atoms with Gasteiger partial charge in [0.25, 0.3) is 0 Å². The number of aromatic amines is 2. The summed E-state index contributed by atoms with van der Waals surface area (Å²) in [7, 11) is 0. The van der Waals surface area contributed by atoms with E-state index in [1.807, 2.05) is 25.1 Å². The van der Waals surface area contributed by atoms with Crippen molar-refractivity contribution in [2.24, 2.45) is 0 Å². The summed E-state index contributed by atoms with van der Waals surface area (Å²) in [6.45, 7) is 19.5. The van der Waals surface area contributed by atoms with E-state index >= 15 is 0 Å². The number of nitrogens with zero attached hydrogens (tertiary/aromatic N) is 2. The second-order valence-corrected chi connectivity index (χ2v) is 14.1. The highest BCUT2D eigenvalue weighted by atomic mass is 16.4. The first kappa shape index (κ1) is 38.2. The summed E-state index contributed by atoms with van der Waals surface area (Å²) in [6.07, 6.45) is 6.93. The number of nitrogens with one attached hydrogen (secondary N) is 4. The predicted octanol–water partition coefficient (Wildman–Crippen LogP) is 8.35. The maximum atomic E-state index is 13.6. The molecule has 5 N–H and O–H groups in total. The number of carboxylic acids is 1. The van der Waals surface area contributed by atoms with Gasteiger partial charge in [-0.2, -0.15) is 0 Å². The zero-order valence-corrected chi connectivity index (χ0v) is 31.8. The number of carboxylic acid groups (broad SMARTS) is 1. The van der Waals surface area contributed by atoms with Crippen LogP contribution < -0.4 is 10.6 Å². The van der Waals surface area contributed by atoms with E-state index in [2.05, 4.69) is 67.9 Å². The van der Waals surface area contributed by atoms with Crippen LogP contribution in [0.15, 0.2) is 30.9 Å². The third-order valence-corrected chi connectivity index (χ3v) is 10.7. The number of fused-ring (bicyclic) bond motifs is 8. The molecule has 52 heavy (non-hydrogen) atoms. The molecule has 3 aromatic rings. The van der Waals surface area contributed by atoms with Crippen LogP contribution in [0.2, 0.25) is 0 Å². The van der Waals surface area contributed by atoms with Crippen molar-refractivity contribution in [3.8, 4) is 0 Å². The van der Waals surface area contributed by atoms with Gasteiger partial charge in [0.1, 0.15) is 0 Å². The number of amides is 2. The highest BCUT2D eigenvalue weighted by molar-refractivity contribution is 6.03. The maximum Gasteiger partial charge on any atom is 0.338 e. The summed E-state index contributed by atoms with van der Waals surface area (Å²) in [5, 5.41) is 16.8. The predicted molar refractivity (Wildman–Crippen MR) is 209 cm³/mol. The highest BCUT2D eigenvalue weighted by Gasteiger charge is 2.34. The van der Waals surface area contributed by atoms with Crippen LogP contribution in [0.3, 0.4) is 0 Å². The van der Waals surface area contributed by atoms with Gasteiger partial charge in [-0.05, 0) is 86.9 Å². The summed E-state index contributed by atoms with van der Waals surface area (Å²) < 4.78 is 0. The molecule has 10 heteroatoms. The van der Waals surface area contributed by atoms with Gasteiger partial charge in [0.2, 0.25) is 11.8 Å². The molecule has 0 fully saturated rings. The number of allylic oxidation sites excluding steroid dienone is 3. The molecule has 2 amide bonds. The Morgan fingerprint density at radius 1 is 0.865 bits per heavy atom.